The number of nitrogens with one attached hydrogen (secondary N) is 2. The van der Waals surface area contributed by atoms with Crippen LogP contribution < -0.4 is 10.6 Å². The molecule has 1 aliphatic carbocycles. The zero-order chi connectivity index (χ0) is 18.4. The zero-order valence-corrected chi connectivity index (χ0v) is 15.9. The van der Waals surface area contributed by atoms with Crippen LogP contribution in [0.5, 0.6) is 0 Å². The Balaban J connectivity index is 1.82. The van der Waals surface area contributed by atoms with E-state index in [0.717, 1.165) is 30.6 Å². The van der Waals surface area contributed by atoms with Gasteiger partial charge >= 0.3 is 6.03 Å². The normalized spacial score (nSPS) is 27.5. The predicted octanol–water partition coefficient (Wildman–Crippen LogP) is 2.96. The van der Waals surface area contributed by atoms with Crippen molar-refractivity contribution in [1.29, 1.82) is 0 Å². The van der Waals surface area contributed by atoms with Crippen molar-refractivity contribution in [1.82, 2.24) is 15.5 Å². The molecule has 1 aliphatic heterocycles. The molecule has 4 amide bonds. The second-order valence-corrected chi connectivity index (χ2v) is 7.90. The van der Waals surface area contributed by atoms with Crippen molar-refractivity contribution in [2.45, 2.75) is 90.1 Å². The average Bonchev–Trinajstić information content (AvgIpc) is 2.79. The van der Waals surface area contributed by atoms with Crippen LogP contribution in [-0.2, 0) is 9.59 Å². The van der Waals surface area contributed by atoms with Gasteiger partial charge in [0.2, 0.25) is 5.91 Å². The van der Waals surface area contributed by atoms with Gasteiger partial charge in [-0.1, -0.05) is 39.5 Å². The molecule has 0 aromatic rings. The predicted molar refractivity (Wildman–Crippen MR) is 97.0 cm³/mol. The number of urea groups is 1. The number of carbonyl (C=O) groups is 3. The first-order chi connectivity index (χ1) is 11.9. The lowest BCUT2D eigenvalue weighted by molar-refractivity contribution is -0.136. The van der Waals surface area contributed by atoms with Crippen molar-refractivity contribution in [2.75, 3.05) is 6.54 Å². The maximum absolute atomic E-state index is 12.7. The minimum Gasteiger partial charge on any atom is -0.352 e. The van der Waals surface area contributed by atoms with E-state index in [1.807, 2.05) is 6.92 Å². The third kappa shape index (κ3) is 4.95. The minimum atomic E-state index is -0.768. The summed E-state index contributed by atoms with van der Waals surface area (Å²) in [6, 6.07) is -0.361. The van der Waals surface area contributed by atoms with Crippen LogP contribution in [0.25, 0.3) is 0 Å². The van der Waals surface area contributed by atoms with Gasteiger partial charge in [0.25, 0.3) is 5.91 Å². The molecule has 1 spiro atoms. The number of hydrogen-bond donors (Lipinski definition) is 2. The first kappa shape index (κ1) is 19.7. The topological polar surface area (TPSA) is 78.5 Å². The van der Waals surface area contributed by atoms with E-state index in [-0.39, 0.29) is 24.4 Å². The molecule has 1 saturated heterocycles. The zero-order valence-electron chi connectivity index (χ0n) is 15.9. The Morgan fingerprint density at radius 3 is 2.60 bits per heavy atom. The number of nitrogens with zero attached hydrogens (tertiary/aromatic N) is 1. The largest absolute Gasteiger partial charge is 0.352 e. The Morgan fingerprint density at radius 2 is 1.96 bits per heavy atom. The molecule has 0 aromatic heterocycles. The molecule has 1 heterocycles. The quantitative estimate of drug-likeness (QED) is 0.521. The van der Waals surface area contributed by atoms with Crippen LogP contribution in [-0.4, -0.2) is 40.9 Å². The van der Waals surface area contributed by atoms with Crippen LogP contribution in [0, 0.1) is 5.92 Å². The van der Waals surface area contributed by atoms with Crippen LogP contribution in [0.1, 0.15) is 78.6 Å². The molecule has 0 aromatic carbocycles. The van der Waals surface area contributed by atoms with Gasteiger partial charge < -0.3 is 10.6 Å². The van der Waals surface area contributed by atoms with Gasteiger partial charge in [-0.05, 0) is 44.9 Å². The fraction of sp³-hybridized carbons (Fsp3) is 0.842. The Hall–Kier alpha value is -1.59. The lowest BCUT2D eigenvalue weighted by atomic mass is 9.77. The summed E-state index contributed by atoms with van der Waals surface area (Å²) < 4.78 is 0. The Morgan fingerprint density at radius 1 is 1.28 bits per heavy atom. The van der Waals surface area contributed by atoms with E-state index in [0.29, 0.717) is 18.8 Å². The van der Waals surface area contributed by atoms with E-state index in [9.17, 15) is 14.4 Å². The van der Waals surface area contributed by atoms with Gasteiger partial charge in [-0.15, -0.1) is 0 Å². The van der Waals surface area contributed by atoms with Crippen molar-refractivity contribution in [3.63, 3.8) is 0 Å². The van der Waals surface area contributed by atoms with Gasteiger partial charge in [-0.3, -0.25) is 14.5 Å². The summed E-state index contributed by atoms with van der Waals surface area (Å²) in [5, 5.41) is 5.76. The van der Waals surface area contributed by atoms with Crippen molar-refractivity contribution < 1.29 is 14.4 Å². The molecule has 1 atom stereocenters. The standard InChI is InChI=1S/C19H33N3O3/c1-4-5-6-7-8-15(3)20-16(23)13-22-17(24)19(21-18(22)25)11-9-14(2)10-12-19/h14-15H,4-13H2,1-3H3,(H,20,23)(H,21,25)/t14?,15-,19?/m1/s1. The fourth-order valence-electron chi connectivity index (χ4n) is 3.83. The number of rotatable bonds is 8. The lowest BCUT2D eigenvalue weighted by Crippen LogP contribution is -2.50. The summed E-state index contributed by atoms with van der Waals surface area (Å²) in [6.07, 6.45) is 8.78. The maximum atomic E-state index is 12.7. The highest BCUT2D eigenvalue weighted by Gasteiger charge is 2.52. The summed E-state index contributed by atoms with van der Waals surface area (Å²) in [7, 11) is 0. The minimum absolute atomic E-state index is 0.0645. The van der Waals surface area contributed by atoms with Gasteiger partial charge in [0.1, 0.15) is 12.1 Å². The molecule has 6 heteroatoms. The van der Waals surface area contributed by atoms with Crippen molar-refractivity contribution in [3.05, 3.63) is 0 Å². The first-order valence-corrected chi connectivity index (χ1v) is 9.81. The maximum Gasteiger partial charge on any atom is 0.325 e. The van der Waals surface area contributed by atoms with Crippen LogP contribution in [0.3, 0.4) is 0 Å². The number of unbranched alkanes of at least 4 members (excludes halogenated alkanes) is 3. The van der Waals surface area contributed by atoms with Crippen LogP contribution in [0.4, 0.5) is 4.79 Å². The molecular formula is C19H33N3O3. The molecule has 6 nitrogen and oxygen atoms in total. The Labute approximate surface area is 151 Å². The molecule has 1 saturated carbocycles. The summed E-state index contributed by atoms with van der Waals surface area (Å²) >= 11 is 0. The van der Waals surface area contributed by atoms with Gasteiger partial charge in [-0.25, -0.2) is 4.79 Å². The monoisotopic (exact) mass is 351 g/mol. The fourth-order valence-corrected chi connectivity index (χ4v) is 3.83. The number of imide groups is 1. The molecule has 142 valence electrons. The van der Waals surface area contributed by atoms with Crippen LogP contribution in [0.15, 0.2) is 0 Å². The molecule has 0 bridgehead atoms. The molecule has 2 N–H and O–H groups in total. The summed E-state index contributed by atoms with van der Waals surface area (Å²) in [6.45, 7) is 6.13. The Kier molecular flexibility index (Phi) is 6.85. The van der Waals surface area contributed by atoms with E-state index < -0.39 is 11.6 Å². The van der Waals surface area contributed by atoms with Crippen LogP contribution in [0.2, 0.25) is 0 Å². The van der Waals surface area contributed by atoms with E-state index in [1.165, 1.54) is 19.3 Å². The average molecular weight is 351 g/mol. The molecular weight excluding hydrogens is 318 g/mol. The summed E-state index contributed by atoms with van der Waals surface area (Å²) in [4.78, 5) is 38.3. The molecule has 0 unspecified atom stereocenters. The molecule has 25 heavy (non-hydrogen) atoms. The first-order valence-electron chi connectivity index (χ1n) is 9.81. The highest BCUT2D eigenvalue weighted by molar-refractivity contribution is 6.09. The second-order valence-electron chi connectivity index (χ2n) is 7.90. The number of carbonyl (C=O) groups excluding carboxylic acids is 3. The van der Waals surface area contributed by atoms with E-state index in [2.05, 4.69) is 24.5 Å². The molecule has 2 aliphatic rings. The third-order valence-corrected chi connectivity index (χ3v) is 5.57. The highest BCUT2D eigenvalue weighted by atomic mass is 16.2. The lowest BCUT2D eigenvalue weighted by Gasteiger charge is -2.33. The van der Waals surface area contributed by atoms with Crippen molar-refractivity contribution in [2.24, 2.45) is 5.92 Å². The SMILES string of the molecule is CCCCCC[C@@H](C)NC(=O)CN1C(=O)NC2(CCC(C)CC2)C1=O. The van der Waals surface area contributed by atoms with Crippen LogP contribution >= 0.6 is 0 Å². The number of hydrogen-bond acceptors (Lipinski definition) is 3. The molecule has 2 fully saturated rings. The van der Waals surface area contributed by atoms with Gasteiger partial charge in [0.15, 0.2) is 0 Å². The third-order valence-electron chi connectivity index (χ3n) is 5.57. The molecule has 0 radical (unpaired) electrons. The van der Waals surface area contributed by atoms with Crippen molar-refractivity contribution >= 4 is 17.8 Å². The Bertz CT molecular complexity index is 498. The smallest absolute Gasteiger partial charge is 0.325 e. The number of amides is 4. The highest BCUT2D eigenvalue weighted by Crippen LogP contribution is 2.36. The van der Waals surface area contributed by atoms with E-state index >= 15 is 0 Å². The van der Waals surface area contributed by atoms with Gasteiger partial charge in [0.05, 0.1) is 0 Å². The van der Waals surface area contributed by atoms with Gasteiger partial charge in [-0.2, -0.15) is 0 Å². The molecule has 2 rings (SSSR count). The van der Waals surface area contributed by atoms with Crippen molar-refractivity contribution in [3.8, 4) is 0 Å². The second kappa shape index (κ2) is 8.68. The summed E-state index contributed by atoms with van der Waals surface area (Å²) in [5.74, 6) is 0.101. The van der Waals surface area contributed by atoms with E-state index in [1.54, 1.807) is 0 Å². The van der Waals surface area contributed by atoms with Gasteiger partial charge in [0, 0.05) is 6.04 Å². The van der Waals surface area contributed by atoms with E-state index in [4.69, 9.17) is 0 Å². The summed E-state index contributed by atoms with van der Waals surface area (Å²) in [5.41, 5.74) is -0.768.